The van der Waals surface area contributed by atoms with E-state index in [1.165, 1.54) is 12.1 Å². The van der Waals surface area contributed by atoms with Gasteiger partial charge in [0, 0.05) is 19.8 Å². The fourth-order valence-corrected chi connectivity index (χ4v) is 1.24. The SMILES string of the molecule is CCOCCCNc1ccc(F)cc1N. The third kappa shape index (κ3) is 4.16. The van der Waals surface area contributed by atoms with E-state index in [9.17, 15) is 4.39 Å². The Morgan fingerprint density at radius 1 is 1.47 bits per heavy atom. The predicted octanol–water partition coefficient (Wildman–Crippen LogP) is 2.25. The zero-order chi connectivity index (χ0) is 11.1. The van der Waals surface area contributed by atoms with Gasteiger partial charge in [0.25, 0.3) is 0 Å². The van der Waals surface area contributed by atoms with Crippen LogP contribution < -0.4 is 11.1 Å². The Bertz CT molecular complexity index is 305. The van der Waals surface area contributed by atoms with Crippen LogP contribution in [0.4, 0.5) is 15.8 Å². The summed E-state index contributed by atoms with van der Waals surface area (Å²) in [5.74, 6) is -0.313. The van der Waals surface area contributed by atoms with Gasteiger partial charge in [-0.15, -0.1) is 0 Å². The number of nitrogens with two attached hydrogens (primary N) is 1. The van der Waals surface area contributed by atoms with Crippen molar-refractivity contribution in [2.45, 2.75) is 13.3 Å². The summed E-state index contributed by atoms with van der Waals surface area (Å²) in [7, 11) is 0. The molecule has 0 fully saturated rings. The van der Waals surface area contributed by atoms with E-state index in [1.807, 2.05) is 6.92 Å². The topological polar surface area (TPSA) is 47.3 Å². The first-order valence-electron chi connectivity index (χ1n) is 5.10. The number of rotatable bonds is 6. The van der Waals surface area contributed by atoms with Gasteiger partial charge in [-0.3, -0.25) is 0 Å². The number of hydrogen-bond acceptors (Lipinski definition) is 3. The zero-order valence-electron chi connectivity index (χ0n) is 8.92. The second kappa shape index (κ2) is 6.24. The molecule has 0 unspecified atom stereocenters. The van der Waals surface area contributed by atoms with Crippen molar-refractivity contribution in [2.75, 3.05) is 30.8 Å². The first kappa shape index (κ1) is 11.8. The first-order chi connectivity index (χ1) is 7.24. The van der Waals surface area contributed by atoms with Gasteiger partial charge in [0.05, 0.1) is 11.4 Å². The van der Waals surface area contributed by atoms with Crippen molar-refractivity contribution in [3.63, 3.8) is 0 Å². The minimum Gasteiger partial charge on any atom is -0.397 e. The minimum absolute atomic E-state index is 0.313. The van der Waals surface area contributed by atoms with Crippen molar-refractivity contribution in [1.29, 1.82) is 0 Å². The number of benzene rings is 1. The zero-order valence-corrected chi connectivity index (χ0v) is 8.92. The molecule has 0 spiro atoms. The van der Waals surface area contributed by atoms with Crippen molar-refractivity contribution < 1.29 is 9.13 Å². The summed E-state index contributed by atoms with van der Waals surface area (Å²) >= 11 is 0. The smallest absolute Gasteiger partial charge is 0.125 e. The minimum atomic E-state index is -0.313. The van der Waals surface area contributed by atoms with Crippen LogP contribution in [-0.2, 0) is 4.74 Å². The number of hydrogen-bond donors (Lipinski definition) is 2. The lowest BCUT2D eigenvalue weighted by atomic mass is 10.2. The molecule has 84 valence electrons. The van der Waals surface area contributed by atoms with E-state index in [0.717, 1.165) is 31.9 Å². The number of halogens is 1. The number of ether oxygens (including phenoxy) is 1. The summed E-state index contributed by atoms with van der Waals surface area (Å²) in [4.78, 5) is 0. The molecule has 0 aliphatic rings. The fourth-order valence-electron chi connectivity index (χ4n) is 1.24. The van der Waals surface area contributed by atoms with Crippen LogP contribution in [0.5, 0.6) is 0 Å². The molecule has 3 nitrogen and oxygen atoms in total. The highest BCUT2D eigenvalue weighted by molar-refractivity contribution is 5.65. The normalized spacial score (nSPS) is 10.3. The molecule has 0 atom stereocenters. The summed E-state index contributed by atoms with van der Waals surface area (Å²) in [6.07, 6.45) is 0.907. The first-order valence-corrected chi connectivity index (χ1v) is 5.10. The van der Waals surface area contributed by atoms with E-state index < -0.39 is 0 Å². The van der Waals surface area contributed by atoms with Crippen molar-refractivity contribution in [3.05, 3.63) is 24.0 Å². The summed E-state index contributed by atoms with van der Waals surface area (Å²) in [6, 6.07) is 4.34. The average molecular weight is 212 g/mol. The van der Waals surface area contributed by atoms with E-state index in [2.05, 4.69) is 5.32 Å². The molecular formula is C11H17FN2O. The molecule has 0 bridgehead atoms. The van der Waals surface area contributed by atoms with Gasteiger partial charge in [-0.1, -0.05) is 0 Å². The van der Waals surface area contributed by atoms with Crippen LogP contribution in [0.1, 0.15) is 13.3 Å². The van der Waals surface area contributed by atoms with Gasteiger partial charge in [0.15, 0.2) is 0 Å². The van der Waals surface area contributed by atoms with Gasteiger partial charge in [-0.25, -0.2) is 4.39 Å². The van der Waals surface area contributed by atoms with Gasteiger partial charge in [-0.05, 0) is 31.5 Å². The maximum Gasteiger partial charge on any atom is 0.125 e. The van der Waals surface area contributed by atoms with Gasteiger partial charge < -0.3 is 15.8 Å². The van der Waals surface area contributed by atoms with E-state index in [0.29, 0.717) is 5.69 Å². The summed E-state index contributed by atoms with van der Waals surface area (Å²) < 4.78 is 17.9. The van der Waals surface area contributed by atoms with Crippen LogP contribution >= 0.6 is 0 Å². The molecule has 0 heterocycles. The van der Waals surface area contributed by atoms with Crippen molar-refractivity contribution in [2.24, 2.45) is 0 Å². The Kier molecular flexibility index (Phi) is 4.90. The Hall–Kier alpha value is -1.29. The number of anilines is 2. The molecule has 0 saturated carbocycles. The van der Waals surface area contributed by atoms with E-state index in [4.69, 9.17) is 10.5 Å². The van der Waals surface area contributed by atoms with Gasteiger partial charge in [0.2, 0.25) is 0 Å². The van der Waals surface area contributed by atoms with Crippen LogP contribution in [-0.4, -0.2) is 19.8 Å². The van der Waals surface area contributed by atoms with Gasteiger partial charge >= 0.3 is 0 Å². The lowest BCUT2D eigenvalue weighted by molar-refractivity contribution is 0.147. The standard InChI is InChI=1S/C11H17FN2O/c1-2-15-7-3-6-14-11-5-4-9(12)8-10(11)13/h4-5,8,14H,2-3,6-7,13H2,1H3. The highest BCUT2D eigenvalue weighted by Gasteiger charge is 1.99. The fraction of sp³-hybridized carbons (Fsp3) is 0.455. The van der Waals surface area contributed by atoms with Crippen molar-refractivity contribution in [1.82, 2.24) is 0 Å². The molecule has 0 radical (unpaired) electrons. The summed E-state index contributed by atoms with van der Waals surface area (Å²) in [5, 5.41) is 3.13. The van der Waals surface area contributed by atoms with Crippen molar-refractivity contribution in [3.8, 4) is 0 Å². The second-order valence-electron chi connectivity index (χ2n) is 3.21. The van der Waals surface area contributed by atoms with Crippen LogP contribution in [0.3, 0.4) is 0 Å². The molecule has 0 aliphatic heterocycles. The summed E-state index contributed by atoms with van der Waals surface area (Å²) in [5.41, 5.74) is 6.84. The molecule has 15 heavy (non-hydrogen) atoms. The molecule has 0 saturated heterocycles. The average Bonchev–Trinajstić information content (AvgIpc) is 2.20. The second-order valence-corrected chi connectivity index (χ2v) is 3.21. The Morgan fingerprint density at radius 3 is 2.93 bits per heavy atom. The number of nitrogen functional groups attached to an aromatic ring is 1. The third-order valence-corrected chi connectivity index (χ3v) is 2.00. The Morgan fingerprint density at radius 2 is 2.27 bits per heavy atom. The van der Waals surface area contributed by atoms with Gasteiger partial charge in [0.1, 0.15) is 5.82 Å². The van der Waals surface area contributed by atoms with Crippen molar-refractivity contribution >= 4 is 11.4 Å². The quantitative estimate of drug-likeness (QED) is 0.561. The van der Waals surface area contributed by atoms with E-state index in [1.54, 1.807) is 6.07 Å². The molecule has 0 aromatic heterocycles. The van der Waals surface area contributed by atoms with Crippen LogP contribution in [0.2, 0.25) is 0 Å². The molecular weight excluding hydrogens is 195 g/mol. The third-order valence-electron chi connectivity index (χ3n) is 2.00. The molecule has 0 aliphatic carbocycles. The molecule has 1 aromatic carbocycles. The molecule has 1 rings (SSSR count). The number of nitrogens with one attached hydrogen (secondary N) is 1. The highest BCUT2D eigenvalue weighted by atomic mass is 19.1. The van der Waals surface area contributed by atoms with Crippen LogP contribution in [0, 0.1) is 5.82 Å². The molecule has 1 aromatic rings. The Labute approximate surface area is 89.4 Å². The molecule has 0 amide bonds. The summed E-state index contributed by atoms with van der Waals surface area (Å²) in [6.45, 7) is 4.20. The van der Waals surface area contributed by atoms with Crippen LogP contribution in [0.15, 0.2) is 18.2 Å². The van der Waals surface area contributed by atoms with E-state index in [-0.39, 0.29) is 5.82 Å². The molecule has 3 N–H and O–H groups in total. The van der Waals surface area contributed by atoms with Crippen LogP contribution in [0.25, 0.3) is 0 Å². The maximum absolute atomic E-state index is 12.7. The highest BCUT2D eigenvalue weighted by Crippen LogP contribution is 2.18. The molecule has 4 heteroatoms. The lowest BCUT2D eigenvalue weighted by Gasteiger charge is -2.08. The lowest BCUT2D eigenvalue weighted by Crippen LogP contribution is -2.07. The largest absolute Gasteiger partial charge is 0.397 e. The van der Waals surface area contributed by atoms with Gasteiger partial charge in [-0.2, -0.15) is 0 Å². The predicted molar refractivity (Wildman–Crippen MR) is 60.4 cm³/mol. The monoisotopic (exact) mass is 212 g/mol. The van der Waals surface area contributed by atoms with E-state index >= 15 is 0 Å². The maximum atomic E-state index is 12.7. The Balaban J connectivity index is 2.31.